The summed E-state index contributed by atoms with van der Waals surface area (Å²) in [6.45, 7) is 10.7. The van der Waals surface area contributed by atoms with Gasteiger partial charge in [0.2, 0.25) is 0 Å². The van der Waals surface area contributed by atoms with Gasteiger partial charge in [-0.05, 0) is 38.0 Å². The van der Waals surface area contributed by atoms with Crippen molar-refractivity contribution in [1.82, 2.24) is 0 Å². The number of unbranched alkanes of at least 4 members (excludes halogenated alkanes) is 3. The van der Waals surface area contributed by atoms with Crippen LogP contribution in [-0.2, 0) is 0 Å². The zero-order valence-corrected chi connectivity index (χ0v) is 12.0. The van der Waals surface area contributed by atoms with Gasteiger partial charge in [0.1, 0.15) is 0 Å². The van der Waals surface area contributed by atoms with Crippen LogP contribution in [0, 0.1) is 11.3 Å². The van der Waals surface area contributed by atoms with E-state index in [-0.39, 0.29) is 6.10 Å². The number of aliphatic hydroxyl groups excluding tert-OH is 1. The molecule has 1 aliphatic carbocycles. The van der Waals surface area contributed by atoms with E-state index in [0.717, 1.165) is 18.4 Å². The number of aliphatic hydroxyl groups is 1. The summed E-state index contributed by atoms with van der Waals surface area (Å²) in [4.78, 5) is 0. The summed E-state index contributed by atoms with van der Waals surface area (Å²) >= 11 is 0. The molecule has 0 amide bonds. The molecule has 0 bridgehead atoms. The molecule has 3 unspecified atom stereocenters. The Kier molecular flexibility index (Phi) is 5.72. The average Bonchev–Trinajstić information content (AvgIpc) is 2.24. The van der Waals surface area contributed by atoms with Gasteiger partial charge in [0.25, 0.3) is 0 Å². The van der Waals surface area contributed by atoms with Crippen LogP contribution in [0.5, 0.6) is 0 Å². The van der Waals surface area contributed by atoms with E-state index in [2.05, 4.69) is 27.4 Å². The Morgan fingerprint density at radius 1 is 1.35 bits per heavy atom. The second kappa shape index (κ2) is 6.58. The van der Waals surface area contributed by atoms with Crippen molar-refractivity contribution in [2.75, 3.05) is 0 Å². The Bertz CT molecular complexity index is 246. The van der Waals surface area contributed by atoms with Crippen LogP contribution in [0.2, 0.25) is 0 Å². The summed E-state index contributed by atoms with van der Waals surface area (Å²) < 4.78 is 0. The Morgan fingerprint density at radius 2 is 2.06 bits per heavy atom. The highest BCUT2D eigenvalue weighted by molar-refractivity contribution is 5.03. The second-order valence-electron chi connectivity index (χ2n) is 6.38. The van der Waals surface area contributed by atoms with Crippen LogP contribution in [0.3, 0.4) is 0 Å². The van der Waals surface area contributed by atoms with Crippen molar-refractivity contribution in [2.45, 2.75) is 78.2 Å². The maximum absolute atomic E-state index is 10.2. The average molecular weight is 238 g/mol. The van der Waals surface area contributed by atoms with Crippen LogP contribution in [0.1, 0.15) is 72.1 Å². The Hall–Kier alpha value is -0.300. The maximum atomic E-state index is 10.2. The third kappa shape index (κ3) is 4.46. The number of rotatable bonds is 6. The third-order valence-corrected chi connectivity index (χ3v) is 4.49. The molecular formula is C16H30O. The fraction of sp³-hybridized carbons (Fsp3) is 0.875. The van der Waals surface area contributed by atoms with Gasteiger partial charge in [-0.2, -0.15) is 0 Å². The van der Waals surface area contributed by atoms with Crippen molar-refractivity contribution in [3.05, 3.63) is 12.2 Å². The van der Waals surface area contributed by atoms with E-state index in [1.165, 1.54) is 38.5 Å². The van der Waals surface area contributed by atoms with Crippen LogP contribution < -0.4 is 0 Å². The number of hydrogen-bond donors (Lipinski definition) is 1. The highest BCUT2D eigenvalue weighted by atomic mass is 16.3. The molecule has 1 rings (SSSR count). The number of hydrogen-bond acceptors (Lipinski definition) is 1. The van der Waals surface area contributed by atoms with Crippen molar-refractivity contribution >= 4 is 0 Å². The molecule has 0 aliphatic heterocycles. The predicted molar refractivity (Wildman–Crippen MR) is 75.0 cm³/mol. The highest BCUT2D eigenvalue weighted by Crippen LogP contribution is 2.44. The summed E-state index contributed by atoms with van der Waals surface area (Å²) in [5.74, 6) is 0.346. The van der Waals surface area contributed by atoms with E-state index >= 15 is 0 Å². The van der Waals surface area contributed by atoms with Crippen LogP contribution in [0.15, 0.2) is 12.2 Å². The van der Waals surface area contributed by atoms with Crippen molar-refractivity contribution in [3.8, 4) is 0 Å². The molecule has 0 spiro atoms. The molecule has 1 nitrogen and oxygen atoms in total. The summed E-state index contributed by atoms with van der Waals surface area (Å²) in [6, 6.07) is 0. The molecule has 1 saturated carbocycles. The zero-order chi connectivity index (χ0) is 12.9. The predicted octanol–water partition coefficient (Wildman–Crippen LogP) is 4.70. The molecule has 100 valence electrons. The van der Waals surface area contributed by atoms with E-state index in [0.29, 0.717) is 11.3 Å². The van der Waals surface area contributed by atoms with Gasteiger partial charge >= 0.3 is 0 Å². The van der Waals surface area contributed by atoms with Crippen LogP contribution in [0.25, 0.3) is 0 Å². The summed E-state index contributed by atoms with van der Waals surface area (Å²) in [7, 11) is 0. The lowest BCUT2D eigenvalue weighted by Crippen LogP contribution is -2.35. The molecule has 0 aromatic heterocycles. The molecule has 0 heterocycles. The minimum Gasteiger partial charge on any atom is -0.392 e. The van der Waals surface area contributed by atoms with Gasteiger partial charge in [0, 0.05) is 5.92 Å². The van der Waals surface area contributed by atoms with E-state index in [4.69, 9.17) is 0 Å². The van der Waals surface area contributed by atoms with E-state index in [9.17, 15) is 5.11 Å². The van der Waals surface area contributed by atoms with Gasteiger partial charge in [-0.15, -0.1) is 0 Å². The van der Waals surface area contributed by atoms with Gasteiger partial charge in [-0.3, -0.25) is 0 Å². The van der Waals surface area contributed by atoms with E-state index in [1.54, 1.807) is 0 Å². The quantitative estimate of drug-likeness (QED) is 0.525. The van der Waals surface area contributed by atoms with Crippen molar-refractivity contribution in [1.29, 1.82) is 0 Å². The largest absolute Gasteiger partial charge is 0.392 e. The molecular weight excluding hydrogens is 208 g/mol. The molecule has 1 aliphatic rings. The van der Waals surface area contributed by atoms with Crippen LogP contribution in [-0.4, -0.2) is 11.2 Å². The second-order valence-corrected chi connectivity index (χ2v) is 6.38. The standard InChI is InChI=1S/C16H30O/c1-5-6-7-8-10-16(4)11-9-14(13(2)3)15(17)12-16/h14-15,17H,2,5-12H2,1,3-4H3. The minimum atomic E-state index is -0.155. The van der Waals surface area contributed by atoms with E-state index in [1.807, 2.05) is 0 Å². The lowest BCUT2D eigenvalue weighted by Gasteiger charge is -2.41. The maximum Gasteiger partial charge on any atom is 0.0610 e. The molecule has 1 N–H and O–H groups in total. The van der Waals surface area contributed by atoms with Crippen molar-refractivity contribution in [3.63, 3.8) is 0 Å². The first kappa shape index (κ1) is 14.8. The summed E-state index contributed by atoms with van der Waals surface area (Å²) in [6.07, 6.45) is 9.82. The fourth-order valence-corrected chi connectivity index (χ4v) is 3.23. The zero-order valence-electron chi connectivity index (χ0n) is 12.0. The fourth-order valence-electron chi connectivity index (χ4n) is 3.23. The summed E-state index contributed by atoms with van der Waals surface area (Å²) in [5, 5.41) is 10.2. The molecule has 1 heteroatoms. The first-order valence-corrected chi connectivity index (χ1v) is 7.32. The van der Waals surface area contributed by atoms with Gasteiger partial charge < -0.3 is 5.11 Å². The topological polar surface area (TPSA) is 20.2 Å². The van der Waals surface area contributed by atoms with Gasteiger partial charge in [-0.1, -0.05) is 51.7 Å². The molecule has 3 atom stereocenters. The summed E-state index contributed by atoms with van der Waals surface area (Å²) in [5.41, 5.74) is 1.53. The van der Waals surface area contributed by atoms with Gasteiger partial charge in [0.05, 0.1) is 6.10 Å². The van der Waals surface area contributed by atoms with Crippen LogP contribution in [0.4, 0.5) is 0 Å². The van der Waals surface area contributed by atoms with Crippen molar-refractivity contribution in [2.24, 2.45) is 11.3 Å². The third-order valence-electron chi connectivity index (χ3n) is 4.49. The molecule has 0 aromatic carbocycles. The molecule has 0 radical (unpaired) electrons. The lowest BCUT2D eigenvalue weighted by atomic mass is 9.66. The lowest BCUT2D eigenvalue weighted by molar-refractivity contribution is 0.0171. The molecule has 0 saturated heterocycles. The Balaban J connectivity index is 2.38. The Morgan fingerprint density at radius 3 is 2.59 bits per heavy atom. The van der Waals surface area contributed by atoms with Crippen molar-refractivity contribution < 1.29 is 5.11 Å². The Labute approximate surface area is 107 Å². The SMILES string of the molecule is C=C(C)C1CCC(C)(CCCCCC)CC1O. The first-order chi connectivity index (χ1) is 7.98. The van der Waals surface area contributed by atoms with E-state index < -0.39 is 0 Å². The van der Waals surface area contributed by atoms with Gasteiger partial charge in [0.15, 0.2) is 0 Å². The molecule has 1 fully saturated rings. The monoisotopic (exact) mass is 238 g/mol. The minimum absolute atomic E-state index is 0.155. The molecule has 17 heavy (non-hydrogen) atoms. The smallest absolute Gasteiger partial charge is 0.0610 e. The normalized spacial score (nSPS) is 33.6. The molecule has 0 aromatic rings. The van der Waals surface area contributed by atoms with Crippen LogP contribution >= 0.6 is 0 Å². The van der Waals surface area contributed by atoms with Gasteiger partial charge in [-0.25, -0.2) is 0 Å². The highest BCUT2D eigenvalue weighted by Gasteiger charge is 2.36. The first-order valence-electron chi connectivity index (χ1n) is 7.32.